The third-order valence-electron chi connectivity index (χ3n) is 4.91. The summed E-state index contributed by atoms with van der Waals surface area (Å²) in [7, 11) is 0. The van der Waals surface area contributed by atoms with Gasteiger partial charge in [0.05, 0.1) is 0 Å². The lowest BCUT2D eigenvalue weighted by Gasteiger charge is -2.24. The summed E-state index contributed by atoms with van der Waals surface area (Å²) in [5.74, 6) is 0. The van der Waals surface area contributed by atoms with E-state index in [2.05, 4.69) is 27.7 Å². The van der Waals surface area contributed by atoms with Crippen molar-refractivity contribution in [2.45, 2.75) is 130 Å². The lowest BCUT2D eigenvalue weighted by molar-refractivity contribution is 0.285. The van der Waals surface area contributed by atoms with E-state index in [4.69, 9.17) is 0 Å². The first-order valence-corrected chi connectivity index (χ1v) is 10.1. The monoisotopic (exact) mass is 296 g/mol. The summed E-state index contributed by atoms with van der Waals surface area (Å²) in [4.78, 5) is 0. The molecule has 0 aromatic heterocycles. The predicted octanol–water partition coefficient (Wildman–Crippen LogP) is 8.29. The minimum Gasteiger partial charge on any atom is -0.0654 e. The molecule has 0 saturated carbocycles. The van der Waals surface area contributed by atoms with Gasteiger partial charge in [0.15, 0.2) is 0 Å². The second-order valence-electron chi connectivity index (χ2n) is 7.91. The van der Waals surface area contributed by atoms with Gasteiger partial charge in [-0.3, -0.25) is 0 Å². The van der Waals surface area contributed by atoms with Crippen LogP contribution in [0.3, 0.4) is 0 Å². The topological polar surface area (TPSA) is 0 Å². The highest BCUT2D eigenvalue weighted by Crippen LogP contribution is 2.29. The van der Waals surface area contributed by atoms with Gasteiger partial charge in [0.25, 0.3) is 0 Å². The standard InChI is InChI=1S/C21H44/c1-5-7-9-10-11-12-13-14-15-16-17-18-20-21(3,4)19-8-6-2/h5-20H2,1-4H3. The van der Waals surface area contributed by atoms with Crippen LogP contribution >= 0.6 is 0 Å². The third-order valence-corrected chi connectivity index (χ3v) is 4.91. The molecule has 0 N–H and O–H groups in total. The maximum absolute atomic E-state index is 2.46. The van der Waals surface area contributed by atoms with Gasteiger partial charge in [0.2, 0.25) is 0 Å². The molecule has 0 saturated heterocycles. The Kier molecular flexibility index (Phi) is 14.9. The van der Waals surface area contributed by atoms with Crippen LogP contribution in [-0.4, -0.2) is 0 Å². The maximum atomic E-state index is 2.46. The molecular formula is C21H44. The highest BCUT2D eigenvalue weighted by atomic mass is 14.2. The van der Waals surface area contributed by atoms with E-state index in [-0.39, 0.29) is 0 Å². The molecule has 0 aliphatic carbocycles. The van der Waals surface area contributed by atoms with Crippen LogP contribution in [0.25, 0.3) is 0 Å². The molecule has 0 heterocycles. The molecule has 0 fully saturated rings. The summed E-state index contributed by atoms with van der Waals surface area (Å²) in [5, 5.41) is 0. The van der Waals surface area contributed by atoms with Crippen molar-refractivity contribution in [2.75, 3.05) is 0 Å². The van der Waals surface area contributed by atoms with Crippen molar-refractivity contribution in [2.24, 2.45) is 5.41 Å². The maximum Gasteiger partial charge on any atom is -0.0354 e. The van der Waals surface area contributed by atoms with Crippen LogP contribution in [0.2, 0.25) is 0 Å². The van der Waals surface area contributed by atoms with E-state index in [9.17, 15) is 0 Å². The smallest absolute Gasteiger partial charge is 0.0354 e. The third kappa shape index (κ3) is 16.2. The molecular weight excluding hydrogens is 252 g/mol. The zero-order chi connectivity index (χ0) is 15.8. The summed E-state index contributed by atoms with van der Waals surface area (Å²) in [6.45, 7) is 9.52. The molecule has 0 amide bonds. The van der Waals surface area contributed by atoms with E-state index in [1.807, 2.05) is 0 Å². The first-order chi connectivity index (χ1) is 10.1. The lowest BCUT2D eigenvalue weighted by atomic mass is 9.82. The Bertz CT molecular complexity index is 192. The van der Waals surface area contributed by atoms with Gasteiger partial charge < -0.3 is 0 Å². The molecule has 0 bridgehead atoms. The molecule has 0 radical (unpaired) electrons. The number of hydrogen-bond acceptors (Lipinski definition) is 0. The average molecular weight is 297 g/mol. The SMILES string of the molecule is CCCCCCCCCCCCCCC(C)(C)CCCC. The second-order valence-corrected chi connectivity index (χ2v) is 7.91. The molecule has 0 rings (SSSR count). The Hall–Kier alpha value is 0. The van der Waals surface area contributed by atoms with E-state index in [1.54, 1.807) is 0 Å². The van der Waals surface area contributed by atoms with E-state index in [0.717, 1.165) is 0 Å². The Labute approximate surface area is 136 Å². The number of unbranched alkanes of at least 4 members (excludes halogenated alkanes) is 12. The molecule has 0 nitrogen and oxygen atoms in total. The fourth-order valence-electron chi connectivity index (χ4n) is 3.22. The van der Waals surface area contributed by atoms with E-state index >= 15 is 0 Å². The van der Waals surface area contributed by atoms with Crippen molar-refractivity contribution in [3.05, 3.63) is 0 Å². The summed E-state index contributed by atoms with van der Waals surface area (Å²) < 4.78 is 0. The predicted molar refractivity (Wildman–Crippen MR) is 99.0 cm³/mol. The fraction of sp³-hybridized carbons (Fsp3) is 1.00. The van der Waals surface area contributed by atoms with Crippen molar-refractivity contribution < 1.29 is 0 Å². The van der Waals surface area contributed by atoms with Gasteiger partial charge in [-0.2, -0.15) is 0 Å². The van der Waals surface area contributed by atoms with E-state index in [1.165, 1.54) is 103 Å². The van der Waals surface area contributed by atoms with Crippen molar-refractivity contribution >= 4 is 0 Å². The van der Waals surface area contributed by atoms with Crippen LogP contribution in [-0.2, 0) is 0 Å². The molecule has 0 aromatic rings. The van der Waals surface area contributed by atoms with Crippen LogP contribution in [0.4, 0.5) is 0 Å². The van der Waals surface area contributed by atoms with Crippen LogP contribution in [0.15, 0.2) is 0 Å². The minimum atomic E-state index is 0.592. The Morgan fingerprint density at radius 2 is 0.762 bits per heavy atom. The molecule has 0 aromatic carbocycles. The van der Waals surface area contributed by atoms with Gasteiger partial charge in [0, 0.05) is 0 Å². The molecule has 0 atom stereocenters. The van der Waals surface area contributed by atoms with Gasteiger partial charge in [-0.15, -0.1) is 0 Å². The fourth-order valence-corrected chi connectivity index (χ4v) is 3.22. The molecule has 0 heteroatoms. The summed E-state index contributed by atoms with van der Waals surface area (Å²) in [5.41, 5.74) is 0.592. The van der Waals surface area contributed by atoms with Gasteiger partial charge in [-0.1, -0.05) is 118 Å². The van der Waals surface area contributed by atoms with E-state index < -0.39 is 0 Å². The molecule has 0 unspecified atom stereocenters. The van der Waals surface area contributed by atoms with Crippen molar-refractivity contribution in [3.8, 4) is 0 Å². The van der Waals surface area contributed by atoms with Crippen LogP contribution < -0.4 is 0 Å². The quantitative estimate of drug-likeness (QED) is 0.251. The van der Waals surface area contributed by atoms with Crippen molar-refractivity contribution in [1.29, 1.82) is 0 Å². The largest absolute Gasteiger partial charge is 0.0654 e. The first-order valence-electron chi connectivity index (χ1n) is 10.1. The van der Waals surface area contributed by atoms with Gasteiger partial charge >= 0.3 is 0 Å². The summed E-state index contributed by atoms with van der Waals surface area (Å²) in [6.07, 6.45) is 23.1. The Morgan fingerprint density at radius 3 is 1.19 bits per heavy atom. The van der Waals surface area contributed by atoms with Crippen molar-refractivity contribution in [1.82, 2.24) is 0 Å². The normalized spacial score (nSPS) is 12.0. The van der Waals surface area contributed by atoms with Gasteiger partial charge in [-0.25, -0.2) is 0 Å². The summed E-state index contributed by atoms with van der Waals surface area (Å²) in [6, 6.07) is 0. The van der Waals surface area contributed by atoms with Crippen molar-refractivity contribution in [3.63, 3.8) is 0 Å². The van der Waals surface area contributed by atoms with Gasteiger partial charge in [-0.05, 0) is 18.3 Å². The Balaban J connectivity index is 3.18. The molecule has 21 heavy (non-hydrogen) atoms. The minimum absolute atomic E-state index is 0.592. The second kappa shape index (κ2) is 14.9. The summed E-state index contributed by atoms with van der Waals surface area (Å²) >= 11 is 0. The highest BCUT2D eigenvalue weighted by molar-refractivity contribution is 4.68. The lowest BCUT2D eigenvalue weighted by Crippen LogP contribution is -2.10. The molecule has 0 aliphatic rings. The first kappa shape index (κ1) is 21.0. The molecule has 128 valence electrons. The molecule has 0 spiro atoms. The van der Waals surface area contributed by atoms with E-state index in [0.29, 0.717) is 5.41 Å². The number of rotatable bonds is 16. The van der Waals surface area contributed by atoms with Crippen LogP contribution in [0.1, 0.15) is 130 Å². The molecule has 0 aliphatic heterocycles. The van der Waals surface area contributed by atoms with Crippen LogP contribution in [0.5, 0.6) is 0 Å². The van der Waals surface area contributed by atoms with Crippen LogP contribution in [0, 0.1) is 5.41 Å². The number of hydrogen-bond donors (Lipinski definition) is 0. The zero-order valence-electron chi connectivity index (χ0n) is 15.8. The van der Waals surface area contributed by atoms with Gasteiger partial charge in [0.1, 0.15) is 0 Å². The Morgan fingerprint density at radius 1 is 0.429 bits per heavy atom. The zero-order valence-corrected chi connectivity index (χ0v) is 15.8. The highest BCUT2D eigenvalue weighted by Gasteiger charge is 2.15. The average Bonchev–Trinajstić information content (AvgIpc) is 2.46.